The zero-order valence-electron chi connectivity index (χ0n) is 9.12. The average molecular weight is 314 g/mol. The van der Waals surface area contributed by atoms with Crippen LogP contribution in [0.4, 0.5) is 26.3 Å². The summed E-state index contributed by atoms with van der Waals surface area (Å²) in [5.41, 5.74) is 0. The van der Waals surface area contributed by atoms with Crippen molar-refractivity contribution in [1.82, 2.24) is 9.97 Å². The number of imidazole rings is 1. The lowest BCUT2D eigenvalue weighted by atomic mass is 10.4. The molecule has 12 heteroatoms. The number of halogens is 6. The van der Waals surface area contributed by atoms with Crippen molar-refractivity contribution in [2.24, 2.45) is 0 Å². The number of H-pyrrole nitrogens is 1. The van der Waals surface area contributed by atoms with Gasteiger partial charge in [-0.1, -0.05) is 0 Å². The zero-order valence-corrected chi connectivity index (χ0v) is 9.94. The molecule has 1 heterocycles. The van der Waals surface area contributed by atoms with Crippen LogP contribution in [-0.4, -0.2) is 40.5 Å². The number of rotatable bonds is 3. The van der Waals surface area contributed by atoms with Gasteiger partial charge in [0.25, 0.3) is 0 Å². The predicted molar refractivity (Wildman–Crippen MR) is 50.8 cm³/mol. The van der Waals surface area contributed by atoms with Crippen molar-refractivity contribution in [2.75, 3.05) is 0 Å². The molecule has 0 atom stereocenters. The van der Waals surface area contributed by atoms with E-state index in [0.29, 0.717) is 0 Å². The van der Waals surface area contributed by atoms with Crippen molar-refractivity contribution < 1.29 is 39.3 Å². The third-order valence-corrected chi connectivity index (χ3v) is 2.54. The SMILES string of the molecule is Cc1ncc[nH]1.O=S(=O)(O)C(F)(F)C(F)(F)C(F)F. The second kappa shape index (κ2) is 5.77. The van der Waals surface area contributed by atoms with E-state index in [2.05, 4.69) is 9.97 Å². The summed E-state index contributed by atoms with van der Waals surface area (Å²) in [7, 11) is -6.57. The molecule has 5 nitrogen and oxygen atoms in total. The molecule has 0 aliphatic heterocycles. The molecule has 112 valence electrons. The van der Waals surface area contributed by atoms with E-state index in [9.17, 15) is 34.8 Å². The Bertz CT molecular complexity index is 487. The van der Waals surface area contributed by atoms with E-state index < -0.39 is 27.7 Å². The van der Waals surface area contributed by atoms with Gasteiger partial charge in [-0.05, 0) is 6.92 Å². The predicted octanol–water partition coefficient (Wildman–Crippen LogP) is 2.09. The standard InChI is InChI=1S/C4H6N2.C3H2F6O3S/c1-4-5-2-3-6-4;4-1(5)2(6,7)3(8,9)13(10,11)12/h2-3H,1H3,(H,5,6);1H,(H,10,11,12). The van der Waals surface area contributed by atoms with Crippen LogP contribution in [0.15, 0.2) is 12.4 Å². The van der Waals surface area contributed by atoms with Gasteiger partial charge in [0.15, 0.2) is 0 Å². The van der Waals surface area contributed by atoms with Gasteiger partial charge < -0.3 is 4.98 Å². The molecule has 0 aromatic carbocycles. The number of aryl methyl sites for hydroxylation is 1. The van der Waals surface area contributed by atoms with Crippen molar-refractivity contribution >= 4 is 10.1 Å². The minimum Gasteiger partial charge on any atom is -0.349 e. The maximum Gasteiger partial charge on any atom is 0.437 e. The molecule has 2 N–H and O–H groups in total. The van der Waals surface area contributed by atoms with Crippen LogP contribution in [-0.2, 0) is 10.1 Å². The number of alkyl halides is 6. The van der Waals surface area contributed by atoms with Crippen LogP contribution in [0.2, 0.25) is 0 Å². The van der Waals surface area contributed by atoms with Gasteiger partial charge in [0.1, 0.15) is 5.82 Å². The third-order valence-electron chi connectivity index (χ3n) is 1.62. The largest absolute Gasteiger partial charge is 0.437 e. The molecule has 0 aliphatic carbocycles. The smallest absolute Gasteiger partial charge is 0.349 e. The fourth-order valence-corrected chi connectivity index (χ4v) is 1.08. The first-order valence-electron chi connectivity index (χ1n) is 4.30. The molecule has 19 heavy (non-hydrogen) atoms. The lowest BCUT2D eigenvalue weighted by molar-refractivity contribution is -0.227. The molecule has 0 bridgehead atoms. The molecule has 1 aromatic heterocycles. The van der Waals surface area contributed by atoms with Crippen molar-refractivity contribution in [3.63, 3.8) is 0 Å². The highest BCUT2D eigenvalue weighted by atomic mass is 32.2. The Morgan fingerprint density at radius 1 is 1.32 bits per heavy atom. The van der Waals surface area contributed by atoms with Gasteiger partial charge in [0, 0.05) is 12.4 Å². The maximum absolute atomic E-state index is 11.9. The summed E-state index contributed by atoms with van der Waals surface area (Å²) >= 11 is 0. The summed E-state index contributed by atoms with van der Waals surface area (Å²) in [6.45, 7) is 1.92. The number of aromatic amines is 1. The molecule has 1 rings (SSSR count). The van der Waals surface area contributed by atoms with Crippen molar-refractivity contribution in [1.29, 1.82) is 0 Å². The summed E-state index contributed by atoms with van der Waals surface area (Å²) in [6.07, 6.45) is -1.37. The monoisotopic (exact) mass is 314 g/mol. The molecule has 0 saturated carbocycles. The number of nitrogens with one attached hydrogen (secondary N) is 1. The Balaban J connectivity index is 0.000000443. The molecule has 0 spiro atoms. The van der Waals surface area contributed by atoms with E-state index in [0.717, 1.165) is 5.82 Å². The van der Waals surface area contributed by atoms with Gasteiger partial charge in [-0.2, -0.15) is 26.0 Å². The van der Waals surface area contributed by atoms with Crippen molar-refractivity contribution in [2.45, 2.75) is 24.5 Å². The second-order valence-corrected chi connectivity index (χ2v) is 4.55. The van der Waals surface area contributed by atoms with Gasteiger partial charge in [0.05, 0.1) is 0 Å². The van der Waals surface area contributed by atoms with Crippen LogP contribution in [0.25, 0.3) is 0 Å². The first kappa shape index (κ1) is 17.7. The highest BCUT2D eigenvalue weighted by molar-refractivity contribution is 7.87. The maximum atomic E-state index is 11.9. The molecule has 0 radical (unpaired) electrons. The Kier molecular flexibility index (Phi) is 5.38. The Morgan fingerprint density at radius 3 is 1.89 bits per heavy atom. The molecular formula is C7H8F6N2O3S. The second-order valence-electron chi connectivity index (χ2n) is 3.09. The van der Waals surface area contributed by atoms with Crippen LogP contribution in [0.5, 0.6) is 0 Å². The van der Waals surface area contributed by atoms with Gasteiger partial charge in [-0.3, -0.25) is 4.55 Å². The number of hydrogen-bond acceptors (Lipinski definition) is 3. The molecule has 0 amide bonds. The Morgan fingerprint density at radius 2 is 1.79 bits per heavy atom. The summed E-state index contributed by atoms with van der Waals surface area (Å²) in [5.74, 6) is -5.16. The van der Waals surface area contributed by atoms with Crippen LogP contribution < -0.4 is 0 Å². The third kappa shape index (κ3) is 4.09. The van der Waals surface area contributed by atoms with Crippen LogP contribution in [0, 0.1) is 6.92 Å². The van der Waals surface area contributed by atoms with Gasteiger partial charge in [0.2, 0.25) is 0 Å². The van der Waals surface area contributed by atoms with Crippen LogP contribution in [0.1, 0.15) is 5.82 Å². The average Bonchev–Trinajstić information content (AvgIpc) is 2.67. The fourth-order valence-electron chi connectivity index (χ4n) is 0.643. The molecule has 0 fully saturated rings. The summed E-state index contributed by atoms with van der Waals surface area (Å²) in [5, 5.41) is -6.20. The van der Waals surface area contributed by atoms with E-state index in [-0.39, 0.29) is 0 Å². The Hall–Kier alpha value is -1.30. The number of nitrogens with zero attached hydrogens (tertiary/aromatic N) is 1. The molecule has 0 saturated heterocycles. The molecule has 0 aliphatic rings. The summed E-state index contributed by atoms with van der Waals surface area (Å²) in [6, 6.07) is 0. The highest BCUT2D eigenvalue weighted by Crippen LogP contribution is 2.42. The van der Waals surface area contributed by atoms with Gasteiger partial charge in [-0.15, -0.1) is 0 Å². The van der Waals surface area contributed by atoms with Gasteiger partial charge in [-0.25, -0.2) is 13.8 Å². The van der Waals surface area contributed by atoms with E-state index in [4.69, 9.17) is 4.55 Å². The Labute approximate surface area is 103 Å². The number of aromatic nitrogens is 2. The van der Waals surface area contributed by atoms with Crippen molar-refractivity contribution in [3.05, 3.63) is 18.2 Å². The minimum atomic E-state index is -6.57. The fraction of sp³-hybridized carbons (Fsp3) is 0.571. The van der Waals surface area contributed by atoms with E-state index >= 15 is 0 Å². The van der Waals surface area contributed by atoms with E-state index in [1.165, 1.54) is 0 Å². The van der Waals surface area contributed by atoms with Gasteiger partial charge >= 0.3 is 27.7 Å². The topological polar surface area (TPSA) is 83.0 Å². The summed E-state index contributed by atoms with van der Waals surface area (Å²) in [4.78, 5) is 6.75. The lowest BCUT2D eigenvalue weighted by Crippen LogP contribution is -2.51. The lowest BCUT2D eigenvalue weighted by Gasteiger charge is -2.22. The van der Waals surface area contributed by atoms with E-state index in [1.54, 1.807) is 12.4 Å². The van der Waals surface area contributed by atoms with Crippen molar-refractivity contribution in [3.8, 4) is 0 Å². The normalized spacial score (nSPS) is 13.1. The highest BCUT2D eigenvalue weighted by Gasteiger charge is 2.70. The molecular weight excluding hydrogens is 306 g/mol. The quantitative estimate of drug-likeness (QED) is 0.661. The first-order valence-corrected chi connectivity index (χ1v) is 5.74. The number of hydrogen-bond donors (Lipinski definition) is 2. The first-order chi connectivity index (χ1) is 8.34. The zero-order chi connectivity index (χ0) is 15.5. The minimum absolute atomic E-state index is 0.968. The van der Waals surface area contributed by atoms with E-state index in [1.807, 2.05) is 6.92 Å². The van der Waals surface area contributed by atoms with Crippen LogP contribution in [0.3, 0.4) is 0 Å². The van der Waals surface area contributed by atoms with Crippen LogP contribution >= 0.6 is 0 Å². The summed E-state index contributed by atoms with van der Waals surface area (Å²) < 4.78 is 96.5. The molecule has 1 aromatic rings. The molecule has 0 unspecified atom stereocenters.